The highest BCUT2D eigenvalue weighted by Crippen LogP contribution is 2.29. The van der Waals surface area contributed by atoms with Crippen LogP contribution in [0.25, 0.3) is 0 Å². The van der Waals surface area contributed by atoms with E-state index in [2.05, 4.69) is 10.1 Å². The van der Waals surface area contributed by atoms with E-state index >= 15 is 0 Å². The first kappa shape index (κ1) is 16.8. The van der Waals surface area contributed by atoms with E-state index in [4.69, 9.17) is 4.74 Å². The fraction of sp³-hybridized carbons (Fsp3) is 0.462. The SMILES string of the molecule is COC(=O)C(COc1c(F)cccc1[N+](=O)[O-])NC(C)C. The molecule has 0 aliphatic carbocycles. The summed E-state index contributed by atoms with van der Waals surface area (Å²) in [7, 11) is 1.21. The number of hydrogen-bond acceptors (Lipinski definition) is 6. The summed E-state index contributed by atoms with van der Waals surface area (Å²) in [5.41, 5.74) is -0.497. The minimum atomic E-state index is -0.864. The number of esters is 1. The van der Waals surface area contributed by atoms with Crippen molar-refractivity contribution >= 4 is 11.7 Å². The summed E-state index contributed by atoms with van der Waals surface area (Å²) in [5, 5.41) is 13.7. The lowest BCUT2D eigenvalue weighted by Gasteiger charge is -2.19. The van der Waals surface area contributed by atoms with Crippen LogP contribution in [0.3, 0.4) is 0 Å². The van der Waals surface area contributed by atoms with Gasteiger partial charge in [-0.1, -0.05) is 19.9 Å². The monoisotopic (exact) mass is 300 g/mol. The van der Waals surface area contributed by atoms with Crippen LogP contribution in [0.1, 0.15) is 13.8 Å². The molecule has 0 radical (unpaired) electrons. The number of nitro benzene ring substituents is 1. The number of hydrogen-bond donors (Lipinski definition) is 1. The molecule has 0 aliphatic heterocycles. The maximum Gasteiger partial charge on any atom is 0.326 e. The first-order chi connectivity index (χ1) is 9.86. The largest absolute Gasteiger partial charge is 0.482 e. The molecule has 1 aromatic carbocycles. The lowest BCUT2D eigenvalue weighted by Crippen LogP contribution is -2.45. The zero-order valence-electron chi connectivity index (χ0n) is 12.0. The highest BCUT2D eigenvalue weighted by atomic mass is 19.1. The third kappa shape index (κ3) is 4.67. The second-order valence-electron chi connectivity index (χ2n) is 4.55. The van der Waals surface area contributed by atoms with Gasteiger partial charge in [-0.25, -0.2) is 4.39 Å². The molecule has 7 nitrogen and oxygen atoms in total. The predicted molar refractivity (Wildman–Crippen MR) is 72.6 cm³/mol. The minimum absolute atomic E-state index is 0.0479. The number of carbonyl (C=O) groups excluding carboxylic acids is 1. The number of benzene rings is 1. The third-order valence-electron chi connectivity index (χ3n) is 2.56. The van der Waals surface area contributed by atoms with E-state index in [0.29, 0.717) is 0 Å². The number of ether oxygens (including phenoxy) is 2. The molecule has 1 unspecified atom stereocenters. The number of rotatable bonds is 7. The van der Waals surface area contributed by atoms with Gasteiger partial charge in [-0.05, 0) is 6.07 Å². The van der Waals surface area contributed by atoms with Gasteiger partial charge in [-0.15, -0.1) is 0 Å². The average molecular weight is 300 g/mol. The molecule has 0 spiro atoms. The van der Waals surface area contributed by atoms with Gasteiger partial charge in [0.25, 0.3) is 0 Å². The van der Waals surface area contributed by atoms with E-state index in [1.807, 2.05) is 13.8 Å². The fourth-order valence-corrected chi connectivity index (χ4v) is 1.68. The zero-order chi connectivity index (χ0) is 16.0. The minimum Gasteiger partial charge on any atom is -0.482 e. The molecule has 8 heteroatoms. The van der Waals surface area contributed by atoms with E-state index < -0.39 is 34.2 Å². The zero-order valence-corrected chi connectivity index (χ0v) is 12.0. The lowest BCUT2D eigenvalue weighted by atomic mass is 10.2. The quantitative estimate of drug-likeness (QED) is 0.468. The summed E-state index contributed by atoms with van der Waals surface area (Å²) in [4.78, 5) is 21.7. The number of halogens is 1. The molecule has 0 bridgehead atoms. The summed E-state index contributed by atoms with van der Waals surface area (Å²) in [6, 6.07) is 2.49. The second kappa shape index (κ2) is 7.53. The van der Waals surface area contributed by atoms with Crippen molar-refractivity contribution < 1.29 is 23.6 Å². The molecule has 21 heavy (non-hydrogen) atoms. The van der Waals surface area contributed by atoms with E-state index in [0.717, 1.165) is 12.1 Å². The van der Waals surface area contributed by atoms with Crippen LogP contribution in [0.15, 0.2) is 18.2 Å². The first-order valence-corrected chi connectivity index (χ1v) is 6.26. The van der Waals surface area contributed by atoms with Crippen LogP contribution in [0.2, 0.25) is 0 Å². The standard InChI is InChI=1S/C13H17FN2O5/c1-8(2)15-10(13(17)20-3)7-21-12-9(14)5-4-6-11(12)16(18)19/h4-6,8,10,15H,7H2,1-3H3. The molecule has 0 saturated carbocycles. The molecule has 116 valence electrons. The molecule has 0 heterocycles. The Labute approximate surface area is 121 Å². The van der Waals surface area contributed by atoms with Crippen LogP contribution in [-0.2, 0) is 9.53 Å². The van der Waals surface area contributed by atoms with E-state index in [9.17, 15) is 19.3 Å². The van der Waals surface area contributed by atoms with Crippen LogP contribution in [0, 0.1) is 15.9 Å². The third-order valence-corrected chi connectivity index (χ3v) is 2.56. The molecule has 1 N–H and O–H groups in total. The maximum absolute atomic E-state index is 13.6. The van der Waals surface area contributed by atoms with Gasteiger partial charge in [-0.2, -0.15) is 0 Å². The molecular weight excluding hydrogens is 283 g/mol. The van der Waals surface area contributed by atoms with Gasteiger partial charge < -0.3 is 9.47 Å². The highest BCUT2D eigenvalue weighted by Gasteiger charge is 2.25. The Morgan fingerprint density at radius 1 is 1.48 bits per heavy atom. The van der Waals surface area contributed by atoms with Gasteiger partial charge in [0.05, 0.1) is 12.0 Å². The van der Waals surface area contributed by atoms with Crippen molar-refractivity contribution in [2.24, 2.45) is 0 Å². The molecule has 1 aromatic rings. The normalized spacial score (nSPS) is 12.0. The number of methoxy groups -OCH3 is 1. The molecule has 1 atom stereocenters. The van der Waals surface area contributed by atoms with Crippen LogP contribution < -0.4 is 10.1 Å². The van der Waals surface area contributed by atoms with E-state index in [-0.39, 0.29) is 12.6 Å². The summed E-state index contributed by atoms with van der Waals surface area (Å²) in [6.07, 6.45) is 0. The fourth-order valence-electron chi connectivity index (χ4n) is 1.68. The Morgan fingerprint density at radius 2 is 2.14 bits per heavy atom. The van der Waals surface area contributed by atoms with Crippen molar-refractivity contribution in [1.82, 2.24) is 5.32 Å². The number of nitrogens with one attached hydrogen (secondary N) is 1. The average Bonchev–Trinajstić information content (AvgIpc) is 2.42. The van der Waals surface area contributed by atoms with Gasteiger partial charge >= 0.3 is 11.7 Å². The van der Waals surface area contributed by atoms with Crippen LogP contribution in [0.4, 0.5) is 10.1 Å². The summed E-state index contributed by atoms with van der Waals surface area (Å²) < 4.78 is 23.4. The predicted octanol–water partition coefficient (Wildman–Crippen LogP) is 1.65. The van der Waals surface area contributed by atoms with Crippen molar-refractivity contribution in [2.75, 3.05) is 13.7 Å². The van der Waals surface area contributed by atoms with Crippen molar-refractivity contribution in [1.29, 1.82) is 0 Å². The van der Waals surface area contributed by atoms with Crippen molar-refractivity contribution in [3.05, 3.63) is 34.1 Å². The summed E-state index contributed by atoms with van der Waals surface area (Å²) >= 11 is 0. The highest BCUT2D eigenvalue weighted by molar-refractivity contribution is 5.75. The van der Waals surface area contributed by atoms with Crippen molar-refractivity contribution in [3.8, 4) is 5.75 Å². The van der Waals surface area contributed by atoms with Crippen molar-refractivity contribution in [3.63, 3.8) is 0 Å². The number of nitro groups is 1. The Balaban J connectivity index is 2.89. The van der Waals surface area contributed by atoms with E-state index in [1.54, 1.807) is 0 Å². The number of carbonyl (C=O) groups is 1. The molecule has 0 fully saturated rings. The molecular formula is C13H17FN2O5. The Bertz CT molecular complexity index is 521. The molecule has 0 saturated heterocycles. The van der Waals surface area contributed by atoms with E-state index in [1.165, 1.54) is 13.2 Å². The maximum atomic E-state index is 13.6. The molecule has 0 aromatic heterocycles. The summed E-state index contributed by atoms with van der Waals surface area (Å²) in [6.45, 7) is 3.33. The van der Waals surface area contributed by atoms with Gasteiger partial charge in [-0.3, -0.25) is 20.2 Å². The topological polar surface area (TPSA) is 90.7 Å². The van der Waals surface area contributed by atoms with Gasteiger partial charge in [0.15, 0.2) is 5.82 Å². The van der Waals surface area contributed by atoms with Crippen LogP contribution in [0.5, 0.6) is 5.75 Å². The Morgan fingerprint density at radius 3 is 2.67 bits per heavy atom. The molecule has 0 aliphatic rings. The number of nitrogens with zero attached hydrogens (tertiary/aromatic N) is 1. The first-order valence-electron chi connectivity index (χ1n) is 6.26. The van der Waals surface area contributed by atoms with Gasteiger partial charge in [0, 0.05) is 12.1 Å². The summed E-state index contributed by atoms with van der Waals surface area (Å²) in [5.74, 6) is -1.96. The van der Waals surface area contributed by atoms with Crippen LogP contribution >= 0.6 is 0 Å². The van der Waals surface area contributed by atoms with Crippen LogP contribution in [-0.4, -0.2) is 36.7 Å². The number of para-hydroxylation sites is 1. The Kier molecular flexibility index (Phi) is 6.04. The lowest BCUT2D eigenvalue weighted by molar-refractivity contribution is -0.386. The second-order valence-corrected chi connectivity index (χ2v) is 4.55. The van der Waals surface area contributed by atoms with Crippen molar-refractivity contribution in [2.45, 2.75) is 25.9 Å². The Hall–Kier alpha value is -2.22. The van der Waals surface area contributed by atoms with Gasteiger partial charge in [0.2, 0.25) is 5.75 Å². The van der Waals surface area contributed by atoms with Gasteiger partial charge in [0.1, 0.15) is 12.6 Å². The smallest absolute Gasteiger partial charge is 0.326 e. The molecule has 0 amide bonds. The molecule has 1 rings (SSSR count).